The highest BCUT2D eigenvalue weighted by atomic mass is 16.2. The predicted octanol–water partition coefficient (Wildman–Crippen LogP) is 2.17. The van der Waals surface area contributed by atoms with E-state index in [1.54, 1.807) is 6.20 Å². The SMILES string of the molecule is O=C(c1c[nH]ccc1=O)N1CCCC2CCCCC21. The molecule has 0 radical (unpaired) electrons. The van der Waals surface area contributed by atoms with Crippen LogP contribution in [0.2, 0.25) is 0 Å². The lowest BCUT2D eigenvalue weighted by Gasteiger charge is -2.44. The first-order valence-corrected chi connectivity index (χ1v) is 7.25. The molecule has 0 bridgehead atoms. The van der Waals surface area contributed by atoms with E-state index in [4.69, 9.17) is 0 Å². The van der Waals surface area contributed by atoms with Gasteiger partial charge in [-0.2, -0.15) is 0 Å². The normalized spacial score (nSPS) is 26.8. The Bertz CT molecular complexity index is 521. The van der Waals surface area contributed by atoms with E-state index in [1.165, 1.54) is 37.9 Å². The highest BCUT2D eigenvalue weighted by Gasteiger charge is 2.36. The zero-order chi connectivity index (χ0) is 13.2. The van der Waals surface area contributed by atoms with Gasteiger partial charge in [0, 0.05) is 31.0 Å². The Morgan fingerprint density at radius 3 is 2.84 bits per heavy atom. The van der Waals surface area contributed by atoms with Crippen LogP contribution in [-0.4, -0.2) is 28.4 Å². The number of fused-ring (bicyclic) bond motifs is 1. The topological polar surface area (TPSA) is 53.2 Å². The van der Waals surface area contributed by atoms with Gasteiger partial charge in [0.05, 0.1) is 0 Å². The van der Waals surface area contributed by atoms with Gasteiger partial charge in [-0.25, -0.2) is 0 Å². The molecule has 1 amide bonds. The van der Waals surface area contributed by atoms with E-state index in [0.717, 1.165) is 19.4 Å². The zero-order valence-corrected chi connectivity index (χ0v) is 11.1. The number of piperidine rings is 1. The molecule has 0 aromatic carbocycles. The van der Waals surface area contributed by atoms with Crippen LogP contribution in [0.5, 0.6) is 0 Å². The van der Waals surface area contributed by atoms with Crippen molar-refractivity contribution in [1.29, 1.82) is 0 Å². The lowest BCUT2D eigenvalue weighted by atomic mass is 9.78. The molecule has 2 atom stereocenters. The van der Waals surface area contributed by atoms with E-state index >= 15 is 0 Å². The molecule has 4 heteroatoms. The third kappa shape index (κ3) is 2.31. The van der Waals surface area contributed by atoms with Crippen molar-refractivity contribution in [2.24, 2.45) is 5.92 Å². The molecule has 1 saturated carbocycles. The number of H-pyrrole nitrogens is 1. The maximum Gasteiger partial charge on any atom is 0.259 e. The lowest BCUT2D eigenvalue weighted by Crippen LogP contribution is -2.50. The van der Waals surface area contributed by atoms with Crippen molar-refractivity contribution < 1.29 is 4.79 Å². The number of aromatic nitrogens is 1. The molecule has 0 spiro atoms. The number of pyridine rings is 1. The molecule has 3 rings (SSSR count). The molecule has 2 fully saturated rings. The number of nitrogens with one attached hydrogen (secondary N) is 1. The van der Waals surface area contributed by atoms with Crippen molar-refractivity contribution in [2.75, 3.05) is 6.54 Å². The minimum atomic E-state index is -0.179. The molecular weight excluding hydrogens is 240 g/mol. The number of rotatable bonds is 1. The molecule has 19 heavy (non-hydrogen) atoms. The fraction of sp³-hybridized carbons (Fsp3) is 0.600. The quantitative estimate of drug-likeness (QED) is 0.841. The van der Waals surface area contributed by atoms with E-state index < -0.39 is 0 Å². The van der Waals surface area contributed by atoms with Crippen LogP contribution < -0.4 is 5.43 Å². The number of carbonyl (C=O) groups is 1. The van der Waals surface area contributed by atoms with Crippen LogP contribution >= 0.6 is 0 Å². The summed E-state index contributed by atoms with van der Waals surface area (Å²) in [6.07, 6.45) is 10.2. The van der Waals surface area contributed by atoms with Crippen LogP contribution in [0.3, 0.4) is 0 Å². The summed E-state index contributed by atoms with van der Waals surface area (Å²) in [5.74, 6) is 0.563. The fourth-order valence-corrected chi connectivity index (χ4v) is 3.61. The third-order valence-corrected chi connectivity index (χ3v) is 4.56. The second-order valence-corrected chi connectivity index (χ2v) is 5.67. The summed E-state index contributed by atoms with van der Waals surface area (Å²) in [7, 11) is 0. The Morgan fingerprint density at radius 2 is 2.00 bits per heavy atom. The predicted molar refractivity (Wildman–Crippen MR) is 73.1 cm³/mol. The van der Waals surface area contributed by atoms with E-state index in [0.29, 0.717) is 12.0 Å². The summed E-state index contributed by atoms with van der Waals surface area (Å²) >= 11 is 0. The van der Waals surface area contributed by atoms with Crippen LogP contribution in [0.1, 0.15) is 48.9 Å². The van der Waals surface area contributed by atoms with Crippen molar-refractivity contribution in [3.05, 3.63) is 34.2 Å². The van der Waals surface area contributed by atoms with Crippen molar-refractivity contribution in [3.8, 4) is 0 Å². The molecule has 1 aliphatic heterocycles. The van der Waals surface area contributed by atoms with E-state index in [1.807, 2.05) is 4.90 Å². The van der Waals surface area contributed by atoms with Crippen LogP contribution in [-0.2, 0) is 0 Å². The molecule has 2 unspecified atom stereocenters. The van der Waals surface area contributed by atoms with Gasteiger partial charge in [0.1, 0.15) is 5.56 Å². The second-order valence-electron chi connectivity index (χ2n) is 5.67. The van der Waals surface area contributed by atoms with Crippen molar-refractivity contribution >= 4 is 5.91 Å². The summed E-state index contributed by atoms with van der Waals surface area (Å²) in [4.78, 5) is 29.2. The van der Waals surface area contributed by atoms with Crippen molar-refractivity contribution in [1.82, 2.24) is 9.88 Å². The maximum absolute atomic E-state index is 12.6. The van der Waals surface area contributed by atoms with Gasteiger partial charge in [0.25, 0.3) is 5.91 Å². The number of nitrogens with zero attached hydrogens (tertiary/aromatic N) is 1. The number of hydrogen-bond donors (Lipinski definition) is 1. The Balaban J connectivity index is 1.86. The van der Waals surface area contributed by atoms with Gasteiger partial charge in [-0.05, 0) is 31.6 Å². The molecule has 102 valence electrons. The summed E-state index contributed by atoms with van der Waals surface area (Å²) in [5, 5.41) is 0. The average molecular weight is 260 g/mol. The minimum Gasteiger partial charge on any atom is -0.367 e. The summed E-state index contributed by atoms with van der Waals surface area (Å²) in [6, 6.07) is 1.78. The van der Waals surface area contributed by atoms with Gasteiger partial charge in [-0.1, -0.05) is 12.8 Å². The number of hydrogen-bond acceptors (Lipinski definition) is 2. The average Bonchev–Trinajstić information content (AvgIpc) is 2.46. The molecular formula is C15H20N2O2. The summed E-state index contributed by atoms with van der Waals surface area (Å²) < 4.78 is 0. The van der Waals surface area contributed by atoms with Crippen LogP contribution in [0.25, 0.3) is 0 Å². The number of carbonyl (C=O) groups excluding carboxylic acids is 1. The zero-order valence-electron chi connectivity index (χ0n) is 11.1. The van der Waals surface area contributed by atoms with Gasteiger partial charge >= 0.3 is 0 Å². The third-order valence-electron chi connectivity index (χ3n) is 4.56. The molecule has 2 heterocycles. The molecule has 1 saturated heterocycles. The number of amides is 1. The smallest absolute Gasteiger partial charge is 0.259 e. The van der Waals surface area contributed by atoms with Gasteiger partial charge in [0.15, 0.2) is 5.43 Å². The molecule has 1 aromatic heterocycles. The molecule has 1 N–H and O–H groups in total. The van der Waals surface area contributed by atoms with E-state index in [2.05, 4.69) is 4.98 Å². The van der Waals surface area contributed by atoms with Crippen LogP contribution in [0.15, 0.2) is 23.3 Å². The summed E-state index contributed by atoms with van der Waals surface area (Å²) in [5.41, 5.74) is 0.107. The van der Waals surface area contributed by atoms with Gasteiger partial charge in [-0.3, -0.25) is 9.59 Å². The monoisotopic (exact) mass is 260 g/mol. The Hall–Kier alpha value is -1.58. The molecule has 1 aliphatic carbocycles. The number of likely N-dealkylation sites (tertiary alicyclic amines) is 1. The highest BCUT2D eigenvalue weighted by molar-refractivity contribution is 5.94. The molecule has 2 aliphatic rings. The minimum absolute atomic E-state index is 0.0848. The maximum atomic E-state index is 12.6. The van der Waals surface area contributed by atoms with Gasteiger partial charge in [-0.15, -0.1) is 0 Å². The highest BCUT2D eigenvalue weighted by Crippen LogP contribution is 2.35. The standard InChI is InChI=1S/C15H20N2O2/c18-14-7-8-16-10-12(14)15(19)17-9-3-5-11-4-1-2-6-13(11)17/h7-8,10-11,13H,1-6,9H2,(H,16,18). The molecule has 4 nitrogen and oxygen atoms in total. The second kappa shape index (κ2) is 5.19. The van der Waals surface area contributed by atoms with Crippen molar-refractivity contribution in [2.45, 2.75) is 44.6 Å². The van der Waals surface area contributed by atoms with Crippen LogP contribution in [0.4, 0.5) is 0 Å². The molecule has 1 aromatic rings. The fourth-order valence-electron chi connectivity index (χ4n) is 3.61. The van der Waals surface area contributed by atoms with Gasteiger partial charge in [0.2, 0.25) is 0 Å². The van der Waals surface area contributed by atoms with Crippen molar-refractivity contribution in [3.63, 3.8) is 0 Å². The summed E-state index contributed by atoms with van der Waals surface area (Å²) in [6.45, 7) is 0.800. The Kier molecular flexibility index (Phi) is 3.40. The number of aromatic amines is 1. The van der Waals surface area contributed by atoms with Gasteiger partial charge < -0.3 is 9.88 Å². The largest absolute Gasteiger partial charge is 0.367 e. The Labute approximate surface area is 112 Å². The first-order valence-electron chi connectivity index (χ1n) is 7.25. The van der Waals surface area contributed by atoms with Crippen LogP contribution in [0, 0.1) is 5.92 Å². The van der Waals surface area contributed by atoms with E-state index in [-0.39, 0.29) is 16.9 Å². The lowest BCUT2D eigenvalue weighted by molar-refractivity contribution is 0.0389. The first kappa shape index (κ1) is 12.5. The Morgan fingerprint density at radius 1 is 1.21 bits per heavy atom. The van der Waals surface area contributed by atoms with E-state index in [9.17, 15) is 9.59 Å². The first-order chi connectivity index (χ1) is 9.27.